The number of hydrogen-bond acceptors (Lipinski definition) is 7. The van der Waals surface area contributed by atoms with Gasteiger partial charge >= 0.3 is 6.09 Å². The van der Waals surface area contributed by atoms with Gasteiger partial charge in [-0.2, -0.15) is 0 Å². The lowest BCUT2D eigenvalue weighted by Crippen LogP contribution is -2.39. The molecule has 11 heteroatoms. The molecule has 4 heterocycles. The molecule has 2 amide bonds. The van der Waals surface area contributed by atoms with E-state index in [9.17, 15) is 9.59 Å². The number of aromatic nitrogens is 5. The minimum absolute atomic E-state index is 0.307. The maximum Gasteiger partial charge on any atom is 0.410 e. The second-order valence-electron chi connectivity index (χ2n) is 10.9. The van der Waals surface area contributed by atoms with Crippen molar-refractivity contribution in [3.8, 4) is 5.69 Å². The van der Waals surface area contributed by atoms with Gasteiger partial charge in [0, 0.05) is 24.5 Å². The Morgan fingerprint density at radius 1 is 1.07 bits per heavy atom. The van der Waals surface area contributed by atoms with Gasteiger partial charge in [-0.3, -0.25) is 9.36 Å². The third kappa shape index (κ3) is 5.21. The Bertz CT molecular complexity index is 1830. The first-order chi connectivity index (χ1) is 19.7. The van der Waals surface area contributed by atoms with Gasteiger partial charge in [-0.15, -0.1) is 0 Å². The van der Waals surface area contributed by atoms with Crippen LogP contribution in [0, 0.1) is 0 Å². The number of nitrogens with one attached hydrogen (secondary N) is 2. The Morgan fingerprint density at radius 2 is 1.90 bits per heavy atom. The van der Waals surface area contributed by atoms with Crippen LogP contribution in [0.3, 0.4) is 0 Å². The summed E-state index contributed by atoms with van der Waals surface area (Å²) in [6.07, 6.45) is 5.61. The van der Waals surface area contributed by atoms with Crippen LogP contribution in [-0.4, -0.2) is 60.1 Å². The largest absolute Gasteiger partial charge is 0.444 e. The molecule has 0 spiro atoms. The number of para-hydroxylation sites is 1. The van der Waals surface area contributed by atoms with Crippen LogP contribution in [0.4, 0.5) is 16.3 Å². The predicted molar refractivity (Wildman–Crippen MR) is 157 cm³/mol. The minimum atomic E-state index is -0.529. The van der Waals surface area contributed by atoms with Gasteiger partial charge in [0.05, 0.1) is 27.7 Å². The molecule has 0 aliphatic carbocycles. The Labute approximate surface area is 236 Å². The van der Waals surface area contributed by atoms with E-state index in [1.165, 1.54) is 6.33 Å². The molecule has 11 nitrogen and oxygen atoms in total. The van der Waals surface area contributed by atoms with Crippen LogP contribution in [0.15, 0.2) is 67.3 Å². The van der Waals surface area contributed by atoms with Crippen LogP contribution >= 0.6 is 0 Å². The van der Waals surface area contributed by atoms with E-state index in [2.05, 4.69) is 25.3 Å². The van der Waals surface area contributed by atoms with Crippen molar-refractivity contribution >= 4 is 51.1 Å². The molecule has 6 rings (SSSR count). The number of H-pyrrole nitrogens is 1. The second kappa shape index (κ2) is 10.1. The zero-order valence-electron chi connectivity index (χ0n) is 23.0. The van der Waals surface area contributed by atoms with Crippen LogP contribution in [-0.2, 0) is 4.74 Å². The monoisotopic (exact) mass is 550 g/mol. The number of rotatable bonds is 5. The summed E-state index contributed by atoms with van der Waals surface area (Å²) in [5, 5.41) is 4.25. The van der Waals surface area contributed by atoms with E-state index in [0.29, 0.717) is 42.2 Å². The Balaban J connectivity index is 1.27. The number of carbonyl (C=O) groups excluding carboxylic acids is 2. The highest BCUT2D eigenvalue weighted by molar-refractivity contribution is 5.98. The van der Waals surface area contributed by atoms with Gasteiger partial charge in [0.15, 0.2) is 0 Å². The summed E-state index contributed by atoms with van der Waals surface area (Å²) in [5.74, 6) is 0.140. The summed E-state index contributed by atoms with van der Waals surface area (Å²) < 4.78 is 7.35. The van der Waals surface area contributed by atoms with Gasteiger partial charge in [-0.1, -0.05) is 18.2 Å². The van der Waals surface area contributed by atoms with Crippen molar-refractivity contribution in [2.45, 2.75) is 32.8 Å². The predicted octanol–water partition coefficient (Wildman–Crippen LogP) is 5.16. The van der Waals surface area contributed by atoms with Crippen LogP contribution in [0.2, 0.25) is 0 Å². The van der Waals surface area contributed by atoms with E-state index in [0.717, 1.165) is 33.4 Å². The molecule has 0 bridgehead atoms. The number of imidazole rings is 1. The van der Waals surface area contributed by atoms with Gasteiger partial charge in [0.2, 0.25) is 0 Å². The topological polar surface area (TPSA) is 144 Å². The maximum absolute atomic E-state index is 12.4. The van der Waals surface area contributed by atoms with Gasteiger partial charge in [-0.25, -0.2) is 19.7 Å². The summed E-state index contributed by atoms with van der Waals surface area (Å²) in [7, 11) is 0. The number of nitrogens with zero attached hydrogens (tertiary/aromatic N) is 5. The number of hydrogen-bond donors (Lipinski definition) is 3. The van der Waals surface area contributed by atoms with Crippen molar-refractivity contribution in [1.82, 2.24) is 29.4 Å². The maximum atomic E-state index is 12.4. The molecule has 1 aliphatic heterocycles. The lowest BCUT2D eigenvalue weighted by Gasteiger charge is -2.29. The Hall–Kier alpha value is -5.19. The first kappa shape index (κ1) is 26.1. The SMILES string of the molecule is CC(C)(C)OC(=O)N1CC=C(c2cc3c(Nc4ccc5ncn(-c6ccccc6C(N)=O)c5c4)ncnc3[nH]2)CC1. The molecule has 0 saturated heterocycles. The minimum Gasteiger partial charge on any atom is -0.444 e. The first-order valence-electron chi connectivity index (χ1n) is 13.3. The number of fused-ring (bicyclic) bond motifs is 2. The summed E-state index contributed by atoms with van der Waals surface area (Å²) >= 11 is 0. The zero-order chi connectivity index (χ0) is 28.7. The van der Waals surface area contributed by atoms with Gasteiger partial charge < -0.3 is 25.7 Å². The molecule has 208 valence electrons. The third-order valence-electron chi connectivity index (χ3n) is 6.87. The zero-order valence-corrected chi connectivity index (χ0v) is 23.0. The van der Waals surface area contributed by atoms with Crippen LogP contribution < -0.4 is 11.1 Å². The lowest BCUT2D eigenvalue weighted by molar-refractivity contribution is 0.0270. The van der Waals surface area contributed by atoms with Crippen molar-refractivity contribution in [3.05, 3.63) is 78.5 Å². The molecule has 0 unspecified atom stereocenters. The number of benzene rings is 2. The number of nitrogens with two attached hydrogens (primary N) is 1. The van der Waals surface area contributed by atoms with E-state index < -0.39 is 11.5 Å². The average molecular weight is 551 g/mol. The van der Waals surface area contributed by atoms with Crippen molar-refractivity contribution in [3.63, 3.8) is 0 Å². The molecule has 5 aromatic rings. The standard InChI is InChI=1S/C30H30N8O3/c1-30(2,3)41-29(40)37-12-10-18(11-13-37)23-15-21-27(32-16-33-28(21)36-23)35-19-8-9-22-25(14-19)38(17-34-22)24-7-5-4-6-20(24)26(31)39/h4-10,14-17H,11-13H2,1-3H3,(H2,31,39)(H2,32,33,35,36). The van der Waals surface area contributed by atoms with E-state index in [1.54, 1.807) is 23.4 Å². The second-order valence-corrected chi connectivity index (χ2v) is 10.9. The van der Waals surface area contributed by atoms with Gasteiger partial charge in [0.25, 0.3) is 5.91 Å². The van der Waals surface area contributed by atoms with E-state index in [4.69, 9.17) is 10.5 Å². The molecule has 41 heavy (non-hydrogen) atoms. The van der Waals surface area contributed by atoms with E-state index in [-0.39, 0.29) is 6.09 Å². The molecule has 2 aromatic carbocycles. The van der Waals surface area contributed by atoms with Crippen molar-refractivity contribution in [2.24, 2.45) is 5.73 Å². The highest BCUT2D eigenvalue weighted by Crippen LogP contribution is 2.31. The summed E-state index contributed by atoms with van der Waals surface area (Å²) in [6.45, 7) is 6.64. The smallest absolute Gasteiger partial charge is 0.410 e. The van der Waals surface area contributed by atoms with E-state index >= 15 is 0 Å². The normalized spacial score (nSPS) is 13.8. The van der Waals surface area contributed by atoms with Crippen LogP contribution in [0.1, 0.15) is 43.2 Å². The number of ether oxygens (including phenoxy) is 1. The third-order valence-corrected chi connectivity index (χ3v) is 6.87. The molecule has 3 aromatic heterocycles. The highest BCUT2D eigenvalue weighted by Gasteiger charge is 2.24. The molecule has 1 aliphatic rings. The van der Waals surface area contributed by atoms with Crippen LogP contribution in [0.25, 0.3) is 33.3 Å². The molecule has 0 saturated carbocycles. The Morgan fingerprint density at radius 3 is 2.66 bits per heavy atom. The fourth-order valence-electron chi connectivity index (χ4n) is 4.92. The van der Waals surface area contributed by atoms with Crippen molar-refractivity contribution in [1.29, 1.82) is 0 Å². The number of carbonyl (C=O) groups is 2. The summed E-state index contributed by atoms with van der Waals surface area (Å²) in [4.78, 5) is 43.0. The fourth-order valence-corrected chi connectivity index (χ4v) is 4.92. The molecule has 4 N–H and O–H groups in total. The Kier molecular flexibility index (Phi) is 6.41. The number of aromatic amines is 1. The molecule has 0 atom stereocenters. The quantitative estimate of drug-likeness (QED) is 0.274. The van der Waals surface area contributed by atoms with E-state index in [1.807, 2.05) is 67.8 Å². The van der Waals surface area contributed by atoms with Crippen molar-refractivity contribution in [2.75, 3.05) is 18.4 Å². The van der Waals surface area contributed by atoms with Gasteiger partial charge in [-0.05, 0) is 69.2 Å². The molecular formula is C30H30N8O3. The number of amides is 2. The first-order valence-corrected chi connectivity index (χ1v) is 13.3. The summed E-state index contributed by atoms with van der Waals surface area (Å²) in [6, 6.07) is 15.0. The molecular weight excluding hydrogens is 520 g/mol. The molecule has 0 fully saturated rings. The van der Waals surface area contributed by atoms with Crippen molar-refractivity contribution < 1.29 is 14.3 Å². The number of anilines is 2. The summed E-state index contributed by atoms with van der Waals surface area (Å²) in [5.41, 5.74) is 11.3. The lowest BCUT2D eigenvalue weighted by atomic mass is 10.1. The van der Waals surface area contributed by atoms with Crippen LogP contribution in [0.5, 0.6) is 0 Å². The average Bonchev–Trinajstić information content (AvgIpc) is 3.57. The number of primary amides is 1. The highest BCUT2D eigenvalue weighted by atomic mass is 16.6. The molecule has 0 radical (unpaired) electrons. The van der Waals surface area contributed by atoms with Gasteiger partial charge in [0.1, 0.15) is 29.7 Å². The fraction of sp³-hybridized carbons (Fsp3) is 0.233.